The van der Waals surface area contributed by atoms with Crippen LogP contribution in [0, 0.1) is 0 Å². The van der Waals surface area contributed by atoms with Gasteiger partial charge in [0.25, 0.3) is 0 Å². The minimum atomic E-state index is -0.386. The van der Waals surface area contributed by atoms with Crippen molar-refractivity contribution in [1.29, 1.82) is 0 Å². The van der Waals surface area contributed by atoms with Gasteiger partial charge in [0.1, 0.15) is 11.5 Å². The number of unbranched alkanes of at least 4 members (excludes halogenated alkanes) is 6. The average Bonchev–Trinajstić information content (AvgIpc) is 2.94. The van der Waals surface area contributed by atoms with Crippen LogP contribution in [0.4, 0.5) is 0 Å². The van der Waals surface area contributed by atoms with Crippen LogP contribution in [0.1, 0.15) is 81.1 Å². The maximum absolute atomic E-state index is 12.5. The summed E-state index contributed by atoms with van der Waals surface area (Å²) in [4.78, 5) is 23.9. The van der Waals surface area contributed by atoms with Crippen LogP contribution in [0.3, 0.4) is 0 Å². The highest BCUT2D eigenvalue weighted by Crippen LogP contribution is 2.20. The second-order valence-electron chi connectivity index (χ2n) is 9.77. The van der Waals surface area contributed by atoms with E-state index in [1.165, 1.54) is 5.56 Å². The van der Waals surface area contributed by atoms with Crippen molar-refractivity contribution in [3.05, 3.63) is 84.1 Å². The highest BCUT2D eigenvalue weighted by Gasteiger charge is 2.09. The molecule has 0 fully saturated rings. The Bertz CT molecular complexity index is 1040. The maximum atomic E-state index is 12.5. The zero-order chi connectivity index (χ0) is 29.0. The van der Waals surface area contributed by atoms with Gasteiger partial charge >= 0.3 is 11.9 Å². The molecule has 0 heterocycles. The van der Waals surface area contributed by atoms with Crippen LogP contribution in [-0.4, -0.2) is 38.6 Å². The molecule has 2 rings (SSSR count). The van der Waals surface area contributed by atoms with E-state index in [9.17, 15) is 9.59 Å². The van der Waals surface area contributed by atoms with Gasteiger partial charge in [-0.15, -0.1) is 0 Å². The summed E-state index contributed by atoms with van der Waals surface area (Å²) in [6.07, 6.45) is 9.00. The van der Waals surface area contributed by atoms with Gasteiger partial charge in [0.2, 0.25) is 0 Å². The molecular formula is C33H44O7. The molecule has 7 heteroatoms. The van der Waals surface area contributed by atoms with Gasteiger partial charge in [-0.1, -0.05) is 44.6 Å². The van der Waals surface area contributed by atoms with Crippen molar-refractivity contribution < 1.29 is 33.3 Å². The van der Waals surface area contributed by atoms with Crippen molar-refractivity contribution in [1.82, 2.24) is 0 Å². The molecule has 0 radical (unpaired) electrons. The van der Waals surface area contributed by atoms with Crippen LogP contribution in [0.25, 0.3) is 0 Å². The molecule has 40 heavy (non-hydrogen) atoms. The zero-order valence-corrected chi connectivity index (χ0v) is 24.1. The summed E-state index contributed by atoms with van der Waals surface area (Å²) < 4.78 is 26.9. The first-order chi connectivity index (χ1) is 19.3. The Morgan fingerprint density at radius 1 is 0.675 bits per heavy atom. The molecule has 2 aromatic rings. The van der Waals surface area contributed by atoms with Crippen LogP contribution < -0.4 is 9.47 Å². The highest BCUT2D eigenvalue weighted by molar-refractivity contribution is 5.91. The quantitative estimate of drug-likeness (QED) is 0.0394. The number of hydrogen-bond acceptors (Lipinski definition) is 7. The number of benzene rings is 2. The molecule has 0 aliphatic heterocycles. The van der Waals surface area contributed by atoms with Crippen molar-refractivity contribution in [2.45, 2.75) is 71.6 Å². The molecule has 218 valence electrons. The topological polar surface area (TPSA) is 80.3 Å². The molecule has 0 aromatic heterocycles. The molecule has 0 atom stereocenters. The zero-order valence-electron chi connectivity index (χ0n) is 24.1. The lowest BCUT2D eigenvalue weighted by molar-refractivity contribution is -0.139. The van der Waals surface area contributed by atoms with Gasteiger partial charge in [-0.05, 0) is 94.3 Å². The molecule has 0 aliphatic carbocycles. The number of allylic oxidation sites excluding steroid dienone is 1. The molecule has 0 amide bonds. The first-order valence-corrected chi connectivity index (χ1v) is 14.1. The lowest BCUT2D eigenvalue weighted by atomic mass is 10.0. The van der Waals surface area contributed by atoms with Crippen LogP contribution in [0.15, 0.2) is 73.0 Å². The van der Waals surface area contributed by atoms with Crippen molar-refractivity contribution >= 4 is 11.9 Å². The van der Waals surface area contributed by atoms with Crippen LogP contribution >= 0.6 is 0 Å². The number of carbonyl (C=O) groups excluding carboxylic acids is 2. The molecule has 0 saturated heterocycles. The molecule has 7 nitrogen and oxygen atoms in total. The van der Waals surface area contributed by atoms with E-state index in [1.807, 2.05) is 24.3 Å². The molecule has 0 N–H and O–H groups in total. The van der Waals surface area contributed by atoms with Crippen molar-refractivity contribution in [2.24, 2.45) is 0 Å². The molecule has 0 unspecified atom stereocenters. The third kappa shape index (κ3) is 14.5. The Balaban J connectivity index is 1.57. The normalized spacial score (nSPS) is 10.6. The molecule has 0 saturated carbocycles. The first-order valence-electron chi connectivity index (χ1n) is 14.1. The summed E-state index contributed by atoms with van der Waals surface area (Å²) in [7, 11) is 0. The van der Waals surface area contributed by atoms with E-state index in [1.54, 1.807) is 38.1 Å². The molecule has 2 aromatic carbocycles. The van der Waals surface area contributed by atoms with Gasteiger partial charge < -0.3 is 23.7 Å². The summed E-state index contributed by atoms with van der Waals surface area (Å²) >= 11 is 0. The fraction of sp³-hybridized carbons (Fsp3) is 0.455. The van der Waals surface area contributed by atoms with E-state index >= 15 is 0 Å². The average molecular weight is 553 g/mol. The fourth-order valence-corrected chi connectivity index (χ4v) is 3.70. The number of ether oxygens (including phenoxy) is 5. The third-order valence-corrected chi connectivity index (χ3v) is 6.01. The van der Waals surface area contributed by atoms with Crippen LogP contribution in [0.2, 0.25) is 0 Å². The number of aryl methyl sites for hydroxylation is 1. The highest BCUT2D eigenvalue weighted by atomic mass is 16.7. The summed E-state index contributed by atoms with van der Waals surface area (Å²) in [6, 6.07) is 14.7. The van der Waals surface area contributed by atoms with Gasteiger partial charge in [0.15, 0.2) is 6.79 Å². The van der Waals surface area contributed by atoms with Gasteiger partial charge in [-0.25, -0.2) is 9.59 Å². The molecular weight excluding hydrogens is 508 g/mol. The van der Waals surface area contributed by atoms with Gasteiger partial charge in [-0.2, -0.15) is 0 Å². The minimum absolute atomic E-state index is 0.245. The number of esters is 2. The van der Waals surface area contributed by atoms with E-state index < -0.39 is 0 Å². The second-order valence-corrected chi connectivity index (χ2v) is 9.77. The Kier molecular flexibility index (Phi) is 15.9. The minimum Gasteiger partial charge on any atom is -0.494 e. The predicted molar refractivity (Wildman–Crippen MR) is 156 cm³/mol. The maximum Gasteiger partial charge on any atom is 0.343 e. The smallest absolute Gasteiger partial charge is 0.343 e. The lowest BCUT2D eigenvalue weighted by Crippen LogP contribution is -2.08. The number of carbonyl (C=O) groups is 2. The SMILES string of the molecule is C=C(C)OCOCCCCCOc1ccc(OC(=O)c2ccc(CCCCCCCOC(=O)C(=C)C)cc2)cc1. The van der Waals surface area contributed by atoms with Gasteiger partial charge in [0, 0.05) is 5.57 Å². The molecule has 0 bridgehead atoms. The van der Waals surface area contributed by atoms with Gasteiger partial charge in [0.05, 0.1) is 31.1 Å². The van der Waals surface area contributed by atoms with E-state index in [0.29, 0.717) is 42.5 Å². The number of hydrogen-bond donors (Lipinski definition) is 0. The van der Waals surface area contributed by atoms with Crippen LogP contribution in [0.5, 0.6) is 11.5 Å². The monoisotopic (exact) mass is 552 g/mol. The summed E-state index contributed by atoms with van der Waals surface area (Å²) in [5.41, 5.74) is 2.15. The van der Waals surface area contributed by atoms with Crippen LogP contribution in [-0.2, 0) is 25.4 Å². The van der Waals surface area contributed by atoms with E-state index in [0.717, 1.165) is 63.5 Å². The van der Waals surface area contributed by atoms with E-state index in [-0.39, 0.29) is 18.7 Å². The summed E-state index contributed by atoms with van der Waals surface area (Å²) in [5, 5.41) is 0. The van der Waals surface area contributed by atoms with Crippen molar-refractivity contribution in [3.8, 4) is 11.5 Å². The third-order valence-electron chi connectivity index (χ3n) is 6.01. The Hall–Kier alpha value is -3.58. The first kappa shape index (κ1) is 32.6. The fourth-order valence-electron chi connectivity index (χ4n) is 3.70. The largest absolute Gasteiger partial charge is 0.494 e. The standard InChI is InChI=1S/C33H44O7/c1-26(2)32(34)38-24-11-7-5-6-9-13-28-14-16-29(17-15-28)33(35)40-31-20-18-30(19-21-31)37-23-12-8-10-22-36-25-39-27(3)4/h14-21H,1,3,5-13,22-25H2,2,4H3. The molecule has 0 spiro atoms. The van der Waals surface area contributed by atoms with Gasteiger partial charge in [-0.3, -0.25) is 0 Å². The Labute approximate surface area is 239 Å². The van der Waals surface area contributed by atoms with E-state index in [2.05, 4.69) is 13.2 Å². The predicted octanol–water partition coefficient (Wildman–Crippen LogP) is 7.59. The number of rotatable bonds is 21. The Morgan fingerprint density at radius 3 is 1.98 bits per heavy atom. The Morgan fingerprint density at radius 2 is 1.27 bits per heavy atom. The van der Waals surface area contributed by atoms with E-state index in [4.69, 9.17) is 23.7 Å². The molecule has 0 aliphatic rings. The summed E-state index contributed by atoms with van der Waals surface area (Å²) in [5.74, 6) is 1.16. The lowest BCUT2D eigenvalue weighted by Gasteiger charge is -2.09. The summed E-state index contributed by atoms with van der Waals surface area (Å²) in [6.45, 7) is 12.6. The second kappa shape index (κ2) is 19.5. The van der Waals surface area contributed by atoms with Crippen molar-refractivity contribution in [3.63, 3.8) is 0 Å². The van der Waals surface area contributed by atoms with Crippen molar-refractivity contribution in [2.75, 3.05) is 26.6 Å².